The molecular formula is C32H66O. The van der Waals surface area contributed by atoms with Crippen LogP contribution in [0.2, 0.25) is 0 Å². The van der Waals surface area contributed by atoms with Crippen molar-refractivity contribution in [3.8, 4) is 0 Å². The van der Waals surface area contributed by atoms with Crippen LogP contribution in [0, 0.1) is 21.7 Å². The van der Waals surface area contributed by atoms with Crippen LogP contribution in [0.3, 0.4) is 0 Å². The van der Waals surface area contributed by atoms with Crippen molar-refractivity contribution in [2.24, 2.45) is 21.7 Å². The van der Waals surface area contributed by atoms with Crippen LogP contribution in [0.5, 0.6) is 0 Å². The molecule has 0 amide bonds. The van der Waals surface area contributed by atoms with E-state index in [-0.39, 0.29) is 10.8 Å². The molecule has 2 unspecified atom stereocenters. The van der Waals surface area contributed by atoms with Gasteiger partial charge in [0, 0.05) is 0 Å². The number of hydrogen-bond donors (Lipinski definition) is 0. The van der Waals surface area contributed by atoms with Gasteiger partial charge in [0.05, 0.1) is 12.2 Å². The summed E-state index contributed by atoms with van der Waals surface area (Å²) in [7, 11) is 0. The fraction of sp³-hybridized carbons (Fsp3) is 1.00. The molecule has 0 aliphatic rings. The molecule has 0 aromatic heterocycles. The molecule has 0 aliphatic heterocycles. The Balaban J connectivity index is 5.59. The lowest BCUT2D eigenvalue weighted by Gasteiger charge is -2.45. The van der Waals surface area contributed by atoms with Crippen molar-refractivity contribution < 1.29 is 4.74 Å². The van der Waals surface area contributed by atoms with Gasteiger partial charge in [-0.2, -0.15) is 0 Å². The second-order valence-electron chi connectivity index (χ2n) is 15.0. The van der Waals surface area contributed by atoms with Gasteiger partial charge in [-0.15, -0.1) is 0 Å². The Morgan fingerprint density at radius 2 is 0.758 bits per heavy atom. The summed E-state index contributed by atoms with van der Waals surface area (Å²) < 4.78 is 7.29. The SMILES string of the molecule is CCCCCCCC(OC(CCCCCCC)C(C)(C)CC(C)(C)C)C(C)(C)CC(C)(C)C. The molecule has 0 saturated heterocycles. The molecule has 33 heavy (non-hydrogen) atoms. The van der Waals surface area contributed by atoms with Crippen LogP contribution in [0.1, 0.15) is 173 Å². The van der Waals surface area contributed by atoms with E-state index in [1.807, 2.05) is 0 Å². The first-order valence-corrected chi connectivity index (χ1v) is 14.7. The maximum atomic E-state index is 7.29. The standard InChI is InChI=1S/C32H66O/c1-13-15-17-19-21-23-27(31(9,10)25-29(3,4)5)33-28(24-22-20-18-16-14-2)32(11,12)26-30(6,7)8/h27-28H,13-26H2,1-12H3. The highest BCUT2D eigenvalue weighted by atomic mass is 16.5. The largest absolute Gasteiger partial charge is 0.374 e. The van der Waals surface area contributed by atoms with Crippen molar-refractivity contribution in [3.05, 3.63) is 0 Å². The number of rotatable bonds is 18. The summed E-state index contributed by atoms with van der Waals surface area (Å²) in [6.07, 6.45) is 19.0. The minimum absolute atomic E-state index is 0.196. The highest BCUT2D eigenvalue weighted by Gasteiger charge is 2.40. The van der Waals surface area contributed by atoms with Gasteiger partial charge in [-0.1, -0.05) is 147 Å². The van der Waals surface area contributed by atoms with Crippen LogP contribution in [-0.2, 0) is 4.74 Å². The minimum Gasteiger partial charge on any atom is -0.374 e. The average Bonchev–Trinajstić information content (AvgIpc) is 2.61. The van der Waals surface area contributed by atoms with Gasteiger partial charge in [0.25, 0.3) is 0 Å². The van der Waals surface area contributed by atoms with Crippen molar-refractivity contribution in [3.63, 3.8) is 0 Å². The average molecular weight is 467 g/mol. The van der Waals surface area contributed by atoms with Gasteiger partial charge >= 0.3 is 0 Å². The fourth-order valence-corrected chi connectivity index (χ4v) is 6.31. The summed E-state index contributed by atoms with van der Waals surface area (Å²) >= 11 is 0. The zero-order valence-corrected chi connectivity index (χ0v) is 25.5. The van der Waals surface area contributed by atoms with Crippen LogP contribution < -0.4 is 0 Å². The van der Waals surface area contributed by atoms with Crippen molar-refractivity contribution in [2.45, 2.75) is 185 Å². The Labute approximate surface area is 211 Å². The Kier molecular flexibility index (Phi) is 15.1. The molecule has 0 rings (SSSR count). The van der Waals surface area contributed by atoms with E-state index in [2.05, 4.69) is 83.1 Å². The van der Waals surface area contributed by atoms with Gasteiger partial charge in [-0.05, 0) is 47.3 Å². The summed E-state index contributed by atoms with van der Waals surface area (Å²) in [4.78, 5) is 0. The molecule has 0 heterocycles. The van der Waals surface area contributed by atoms with Crippen molar-refractivity contribution in [1.82, 2.24) is 0 Å². The van der Waals surface area contributed by atoms with Crippen LogP contribution in [-0.4, -0.2) is 12.2 Å². The van der Waals surface area contributed by atoms with Gasteiger partial charge in [-0.25, -0.2) is 0 Å². The normalized spacial score (nSPS) is 15.6. The molecule has 0 N–H and O–H groups in total. The number of unbranched alkanes of at least 4 members (excludes halogenated alkanes) is 8. The van der Waals surface area contributed by atoms with Gasteiger partial charge < -0.3 is 4.74 Å². The molecule has 0 bridgehead atoms. The molecule has 0 fully saturated rings. The van der Waals surface area contributed by atoms with Crippen LogP contribution in [0.25, 0.3) is 0 Å². The van der Waals surface area contributed by atoms with Crippen molar-refractivity contribution in [1.29, 1.82) is 0 Å². The van der Waals surface area contributed by atoms with E-state index in [1.54, 1.807) is 0 Å². The molecule has 2 atom stereocenters. The van der Waals surface area contributed by atoms with Gasteiger partial charge in [0.2, 0.25) is 0 Å². The molecule has 0 saturated carbocycles. The first-order chi connectivity index (χ1) is 15.0. The lowest BCUT2D eigenvalue weighted by Crippen LogP contribution is -2.43. The summed E-state index contributed by atoms with van der Waals surface area (Å²) in [5.74, 6) is 0. The lowest BCUT2D eigenvalue weighted by atomic mass is 9.70. The Bertz CT molecular complexity index is 430. The Morgan fingerprint density at radius 3 is 1.03 bits per heavy atom. The summed E-state index contributed by atoms with van der Waals surface area (Å²) in [6, 6.07) is 0. The van der Waals surface area contributed by atoms with E-state index < -0.39 is 0 Å². The highest BCUT2D eigenvalue weighted by Crippen LogP contribution is 2.44. The third-order valence-corrected chi connectivity index (χ3v) is 7.18. The summed E-state index contributed by atoms with van der Waals surface area (Å²) in [5, 5.41) is 0. The molecule has 200 valence electrons. The zero-order chi connectivity index (χ0) is 25.8. The number of hydrogen-bond acceptors (Lipinski definition) is 1. The molecule has 0 aliphatic carbocycles. The number of ether oxygens (including phenoxy) is 1. The Morgan fingerprint density at radius 1 is 0.455 bits per heavy atom. The molecule has 1 heteroatoms. The topological polar surface area (TPSA) is 9.23 Å². The zero-order valence-electron chi connectivity index (χ0n) is 25.5. The van der Waals surface area contributed by atoms with E-state index in [0.717, 1.165) is 0 Å². The van der Waals surface area contributed by atoms with E-state index in [9.17, 15) is 0 Å². The van der Waals surface area contributed by atoms with Crippen LogP contribution in [0.4, 0.5) is 0 Å². The highest BCUT2D eigenvalue weighted by molar-refractivity contribution is 4.89. The minimum atomic E-state index is 0.196. The van der Waals surface area contributed by atoms with E-state index in [4.69, 9.17) is 4.74 Å². The monoisotopic (exact) mass is 467 g/mol. The van der Waals surface area contributed by atoms with E-state index in [1.165, 1.54) is 89.9 Å². The van der Waals surface area contributed by atoms with Gasteiger partial charge in [0.1, 0.15) is 0 Å². The van der Waals surface area contributed by atoms with Gasteiger partial charge in [0.15, 0.2) is 0 Å². The maximum Gasteiger partial charge on any atom is 0.0630 e. The second-order valence-corrected chi connectivity index (χ2v) is 15.0. The molecule has 1 nitrogen and oxygen atoms in total. The van der Waals surface area contributed by atoms with Crippen LogP contribution >= 0.6 is 0 Å². The molecule has 0 radical (unpaired) electrons. The van der Waals surface area contributed by atoms with Crippen molar-refractivity contribution >= 4 is 0 Å². The first kappa shape index (κ1) is 33.0. The maximum absolute atomic E-state index is 7.29. The molecule has 0 aromatic carbocycles. The quantitative estimate of drug-likeness (QED) is 0.182. The third-order valence-electron chi connectivity index (χ3n) is 7.18. The second kappa shape index (κ2) is 15.2. The fourth-order valence-electron chi connectivity index (χ4n) is 6.31. The molecule has 0 spiro atoms. The molecule has 0 aromatic rings. The summed E-state index contributed by atoms with van der Waals surface area (Å²) in [6.45, 7) is 28.9. The van der Waals surface area contributed by atoms with Crippen molar-refractivity contribution in [2.75, 3.05) is 0 Å². The van der Waals surface area contributed by atoms with Crippen LogP contribution in [0.15, 0.2) is 0 Å². The smallest absolute Gasteiger partial charge is 0.0630 e. The Hall–Kier alpha value is -0.0400. The summed E-state index contributed by atoms with van der Waals surface area (Å²) in [5.41, 5.74) is 1.04. The predicted molar refractivity (Wildman–Crippen MR) is 151 cm³/mol. The van der Waals surface area contributed by atoms with E-state index in [0.29, 0.717) is 23.0 Å². The predicted octanol–water partition coefficient (Wildman–Crippen LogP) is 11.4. The lowest BCUT2D eigenvalue weighted by molar-refractivity contribution is -0.135. The first-order valence-electron chi connectivity index (χ1n) is 14.7. The molecular weight excluding hydrogens is 400 g/mol. The third kappa shape index (κ3) is 16.3. The van der Waals surface area contributed by atoms with E-state index >= 15 is 0 Å². The van der Waals surface area contributed by atoms with Gasteiger partial charge in [-0.3, -0.25) is 0 Å².